The molecule has 1 aliphatic carbocycles. The zero-order chi connectivity index (χ0) is 33.3. The van der Waals surface area contributed by atoms with Gasteiger partial charge in [-0.25, -0.2) is 4.98 Å². The highest BCUT2D eigenvalue weighted by atomic mass is 35.5. The van der Waals surface area contributed by atoms with E-state index in [9.17, 15) is 18.4 Å². The molecule has 2 aliphatic heterocycles. The van der Waals surface area contributed by atoms with Crippen LogP contribution >= 0.6 is 11.6 Å². The van der Waals surface area contributed by atoms with Crippen LogP contribution in [0.4, 0.5) is 13.2 Å². The number of imidazole rings is 1. The van der Waals surface area contributed by atoms with Gasteiger partial charge in [0.05, 0.1) is 29.1 Å². The lowest BCUT2D eigenvalue weighted by Gasteiger charge is -2.32. The molecule has 9 nitrogen and oxygen atoms in total. The second-order valence-corrected chi connectivity index (χ2v) is 13.4. The number of hydrogen-bond donors (Lipinski definition) is 0. The van der Waals surface area contributed by atoms with Crippen molar-refractivity contribution in [3.05, 3.63) is 88.5 Å². The Labute approximate surface area is 278 Å². The van der Waals surface area contributed by atoms with Gasteiger partial charge in [0.1, 0.15) is 5.82 Å². The summed E-state index contributed by atoms with van der Waals surface area (Å²) in [6.45, 7) is 4.64. The highest BCUT2D eigenvalue weighted by Gasteiger charge is 2.45. The van der Waals surface area contributed by atoms with Crippen molar-refractivity contribution in [1.82, 2.24) is 24.6 Å². The summed E-state index contributed by atoms with van der Waals surface area (Å²) in [5, 5.41) is 14.1. The number of halogens is 4. The van der Waals surface area contributed by atoms with Gasteiger partial charge >= 0.3 is 12.1 Å². The van der Waals surface area contributed by atoms with Crippen molar-refractivity contribution in [2.75, 3.05) is 13.1 Å². The normalized spacial score (nSPS) is 20.7. The summed E-state index contributed by atoms with van der Waals surface area (Å²) in [5.74, 6) is 0.0833. The van der Waals surface area contributed by atoms with Crippen molar-refractivity contribution in [2.45, 2.75) is 63.6 Å². The number of para-hydroxylation sites is 1. The van der Waals surface area contributed by atoms with Crippen LogP contribution in [0.3, 0.4) is 0 Å². The van der Waals surface area contributed by atoms with Crippen LogP contribution in [-0.2, 0) is 25.1 Å². The van der Waals surface area contributed by atoms with Crippen molar-refractivity contribution in [3.63, 3.8) is 0 Å². The molecule has 0 spiro atoms. The minimum absolute atomic E-state index is 0.159. The standard InChI is InChI=1S/C35H30ClF3N6O3/c1-33(23-6-8-24(36)9-7-23)46-28-4-2-3-25(30(28)47-33)21-11-15-44(16-12-21)18-29-41-26-17-22(31-42-32(48-43-31)35(37,38)39)5-10-27(26)45(29)20-34(19-40)13-14-34/h2-10,17,21H,11-16,18,20H2,1H3. The maximum atomic E-state index is 13.1. The van der Waals surface area contributed by atoms with Crippen molar-refractivity contribution in [3.8, 4) is 29.0 Å². The van der Waals surface area contributed by atoms with E-state index in [1.54, 1.807) is 18.2 Å². The van der Waals surface area contributed by atoms with E-state index in [-0.39, 0.29) is 11.7 Å². The number of aromatic nitrogens is 4. The van der Waals surface area contributed by atoms with Gasteiger partial charge < -0.3 is 18.6 Å². The van der Waals surface area contributed by atoms with E-state index in [0.29, 0.717) is 29.2 Å². The molecule has 246 valence electrons. The number of nitrogens with zero attached hydrogens (tertiary/aromatic N) is 6. The van der Waals surface area contributed by atoms with E-state index in [0.717, 1.165) is 72.7 Å². The van der Waals surface area contributed by atoms with Crippen LogP contribution in [0.2, 0.25) is 5.02 Å². The van der Waals surface area contributed by atoms with Gasteiger partial charge in [-0.05, 0) is 93.2 Å². The fourth-order valence-corrected chi connectivity index (χ4v) is 6.90. The van der Waals surface area contributed by atoms with Crippen LogP contribution in [0.15, 0.2) is 65.2 Å². The molecule has 8 rings (SSSR count). The summed E-state index contributed by atoms with van der Waals surface area (Å²) in [4.78, 5) is 10.8. The van der Waals surface area contributed by atoms with Gasteiger partial charge in [-0.2, -0.15) is 23.4 Å². The average molecular weight is 675 g/mol. The number of fused-ring (bicyclic) bond motifs is 2. The maximum Gasteiger partial charge on any atom is 0.471 e. The molecule has 5 aromatic rings. The lowest BCUT2D eigenvalue weighted by Crippen LogP contribution is -2.34. The third kappa shape index (κ3) is 5.54. The Morgan fingerprint density at radius 3 is 2.48 bits per heavy atom. The molecule has 4 heterocycles. The Balaban J connectivity index is 1.01. The van der Waals surface area contributed by atoms with E-state index < -0.39 is 23.3 Å². The molecule has 48 heavy (non-hydrogen) atoms. The second kappa shape index (κ2) is 11.2. The van der Waals surface area contributed by atoms with Crippen molar-refractivity contribution >= 4 is 22.6 Å². The number of alkyl halides is 3. The highest BCUT2D eigenvalue weighted by molar-refractivity contribution is 6.30. The summed E-state index contributed by atoms with van der Waals surface area (Å²) in [5.41, 5.74) is 3.36. The lowest BCUT2D eigenvalue weighted by atomic mass is 9.88. The molecule has 3 aromatic carbocycles. The quantitative estimate of drug-likeness (QED) is 0.171. The molecule has 0 bridgehead atoms. The number of piperidine rings is 1. The van der Waals surface area contributed by atoms with Crippen LogP contribution in [0, 0.1) is 16.7 Å². The largest absolute Gasteiger partial charge is 0.471 e. The Morgan fingerprint density at radius 1 is 1.02 bits per heavy atom. The highest BCUT2D eigenvalue weighted by Crippen LogP contribution is 2.50. The van der Waals surface area contributed by atoms with E-state index in [2.05, 4.69) is 36.3 Å². The van der Waals surface area contributed by atoms with Gasteiger partial charge in [-0.15, -0.1) is 0 Å². The van der Waals surface area contributed by atoms with Gasteiger partial charge in [0.25, 0.3) is 5.79 Å². The minimum atomic E-state index is -4.73. The van der Waals surface area contributed by atoms with Crippen LogP contribution in [0.1, 0.15) is 61.4 Å². The van der Waals surface area contributed by atoms with Crippen molar-refractivity contribution < 1.29 is 27.2 Å². The number of likely N-dealkylation sites (tertiary alicyclic amines) is 1. The Bertz CT molecular complexity index is 2060. The first kappa shape index (κ1) is 30.7. The molecular weight excluding hydrogens is 645 g/mol. The summed E-state index contributed by atoms with van der Waals surface area (Å²) >= 11 is 6.11. The minimum Gasteiger partial charge on any atom is -0.445 e. The smallest absolute Gasteiger partial charge is 0.445 e. The molecule has 1 atom stereocenters. The number of hydrogen-bond acceptors (Lipinski definition) is 8. The molecule has 0 N–H and O–H groups in total. The summed E-state index contributed by atoms with van der Waals surface area (Å²) in [7, 11) is 0. The molecule has 2 aromatic heterocycles. The van der Waals surface area contributed by atoms with Crippen LogP contribution < -0.4 is 9.47 Å². The predicted molar refractivity (Wildman–Crippen MR) is 169 cm³/mol. The summed E-state index contributed by atoms with van der Waals surface area (Å²) in [6.07, 6.45) is -1.28. The fourth-order valence-electron chi connectivity index (χ4n) is 6.77. The molecule has 1 saturated carbocycles. The van der Waals surface area contributed by atoms with Crippen molar-refractivity contribution in [1.29, 1.82) is 5.26 Å². The van der Waals surface area contributed by atoms with E-state index in [1.807, 2.05) is 43.3 Å². The van der Waals surface area contributed by atoms with E-state index in [1.165, 1.54) is 0 Å². The first-order valence-corrected chi connectivity index (χ1v) is 16.2. The average Bonchev–Trinajstić information content (AvgIpc) is 3.35. The fraction of sp³-hybridized carbons (Fsp3) is 0.371. The van der Waals surface area contributed by atoms with E-state index >= 15 is 0 Å². The first-order valence-electron chi connectivity index (χ1n) is 15.8. The SMILES string of the molecule is CC1(c2ccc(Cl)cc2)Oc2cccc(C3CCN(Cc4nc5cc(-c6noc(C(F)(F)F)n6)ccc5n4CC4(C#N)CC4)CC3)c2O1. The predicted octanol–water partition coefficient (Wildman–Crippen LogP) is 8.09. The van der Waals surface area contributed by atoms with Crippen LogP contribution in [0.5, 0.6) is 11.5 Å². The van der Waals surface area contributed by atoms with Gasteiger partial charge in [0.15, 0.2) is 11.5 Å². The molecule has 3 aliphatic rings. The second-order valence-electron chi connectivity index (χ2n) is 13.0. The van der Waals surface area contributed by atoms with Gasteiger partial charge in [0.2, 0.25) is 5.82 Å². The maximum absolute atomic E-state index is 13.1. The zero-order valence-electron chi connectivity index (χ0n) is 25.9. The number of ether oxygens (including phenoxy) is 2. The molecule has 13 heteroatoms. The number of rotatable bonds is 7. The van der Waals surface area contributed by atoms with Gasteiger partial charge in [-0.1, -0.05) is 28.9 Å². The zero-order valence-corrected chi connectivity index (χ0v) is 26.7. The Kier molecular flexibility index (Phi) is 7.19. The van der Waals surface area contributed by atoms with Crippen molar-refractivity contribution in [2.24, 2.45) is 5.41 Å². The Hall–Kier alpha value is -4.60. The molecule has 1 unspecified atom stereocenters. The number of benzene rings is 3. The monoisotopic (exact) mass is 674 g/mol. The topological polar surface area (TPSA) is 102 Å². The molecule has 1 saturated heterocycles. The summed E-state index contributed by atoms with van der Waals surface area (Å²) in [6, 6.07) is 21.2. The molecule has 0 radical (unpaired) electrons. The third-order valence-corrected chi connectivity index (χ3v) is 9.93. The third-order valence-electron chi connectivity index (χ3n) is 9.68. The molecule has 0 amide bonds. The lowest BCUT2D eigenvalue weighted by molar-refractivity contribution is -0.159. The molecular formula is C35H30ClF3N6O3. The van der Waals surface area contributed by atoms with Crippen LogP contribution in [0.25, 0.3) is 22.4 Å². The van der Waals surface area contributed by atoms with Crippen LogP contribution in [-0.4, -0.2) is 37.7 Å². The first-order chi connectivity index (χ1) is 23.0. The number of nitriles is 1. The van der Waals surface area contributed by atoms with Gasteiger partial charge in [0, 0.05) is 35.2 Å². The van der Waals surface area contributed by atoms with E-state index in [4.69, 9.17) is 26.1 Å². The van der Waals surface area contributed by atoms with Gasteiger partial charge in [-0.3, -0.25) is 4.90 Å². The Morgan fingerprint density at radius 2 is 1.79 bits per heavy atom. The summed E-state index contributed by atoms with van der Waals surface area (Å²) < 4.78 is 58.6. The molecule has 2 fully saturated rings.